The Bertz CT molecular complexity index is 810. The van der Waals surface area contributed by atoms with Gasteiger partial charge in [-0.3, -0.25) is 9.78 Å². The smallest absolute Gasteiger partial charge is 0.244 e. The highest BCUT2D eigenvalue weighted by molar-refractivity contribution is 5.91. The second-order valence-corrected chi connectivity index (χ2v) is 5.25. The van der Waals surface area contributed by atoms with Gasteiger partial charge < -0.3 is 5.32 Å². The van der Waals surface area contributed by atoms with E-state index in [1.807, 2.05) is 49.4 Å². The first kappa shape index (κ1) is 15.6. The van der Waals surface area contributed by atoms with E-state index in [0.29, 0.717) is 0 Å². The second kappa shape index (κ2) is 7.32. The Morgan fingerprint density at radius 3 is 2.71 bits per heavy atom. The topological polar surface area (TPSA) is 72.7 Å². The van der Waals surface area contributed by atoms with Gasteiger partial charge in [-0.15, -0.1) is 0 Å². The molecule has 1 amide bonds. The predicted molar refractivity (Wildman–Crippen MR) is 91.2 cm³/mol. The number of nitrogens with one attached hydrogen (secondary N) is 1. The summed E-state index contributed by atoms with van der Waals surface area (Å²) in [5.74, 6) is -0.159. The van der Waals surface area contributed by atoms with E-state index in [9.17, 15) is 4.79 Å². The third-order valence-corrected chi connectivity index (χ3v) is 3.53. The molecule has 1 N–H and O–H groups in total. The minimum atomic E-state index is -0.159. The van der Waals surface area contributed by atoms with E-state index in [-0.39, 0.29) is 11.9 Å². The largest absolute Gasteiger partial charge is 0.346 e. The van der Waals surface area contributed by atoms with Gasteiger partial charge in [-0.25, -0.2) is 9.67 Å². The first-order chi connectivity index (χ1) is 11.7. The number of aromatic nitrogens is 4. The molecule has 0 bridgehead atoms. The van der Waals surface area contributed by atoms with E-state index >= 15 is 0 Å². The third kappa shape index (κ3) is 3.92. The van der Waals surface area contributed by atoms with Crippen LogP contribution in [0.1, 0.15) is 24.2 Å². The number of amides is 1. The highest BCUT2D eigenvalue weighted by Gasteiger charge is 2.08. The quantitative estimate of drug-likeness (QED) is 0.734. The van der Waals surface area contributed by atoms with Crippen LogP contribution in [0.5, 0.6) is 0 Å². The number of rotatable bonds is 5. The van der Waals surface area contributed by atoms with E-state index in [4.69, 9.17) is 0 Å². The van der Waals surface area contributed by atoms with Crippen molar-refractivity contribution in [3.05, 3.63) is 78.6 Å². The van der Waals surface area contributed by atoms with Crippen molar-refractivity contribution in [2.75, 3.05) is 0 Å². The highest BCUT2D eigenvalue weighted by Crippen LogP contribution is 2.15. The molecule has 3 aromatic rings. The molecule has 0 saturated carbocycles. The molecule has 1 atom stereocenters. The Hall–Kier alpha value is -3.28. The number of hydrogen-bond donors (Lipinski definition) is 1. The highest BCUT2D eigenvalue weighted by atomic mass is 16.1. The molecule has 0 spiro atoms. The maximum absolute atomic E-state index is 12.0. The molecule has 0 saturated heterocycles. The van der Waals surface area contributed by atoms with Crippen molar-refractivity contribution in [1.29, 1.82) is 0 Å². The Morgan fingerprint density at radius 1 is 1.21 bits per heavy atom. The number of carbonyl (C=O) groups excluding carboxylic acids is 1. The SMILES string of the molecule is CC(NC(=O)/C=C/c1ccccn1)c1ccc(-n2cncn2)cc1. The van der Waals surface area contributed by atoms with Gasteiger partial charge in [0.05, 0.1) is 17.4 Å². The standard InChI is InChI=1S/C18H17N5O/c1-14(22-18(24)10-7-16-4-2-3-11-20-16)15-5-8-17(9-6-15)23-13-19-12-21-23/h2-14H,1H3,(H,22,24)/b10-7+. The Morgan fingerprint density at radius 2 is 2.04 bits per heavy atom. The van der Waals surface area contributed by atoms with Gasteiger partial charge in [0.25, 0.3) is 0 Å². The zero-order valence-electron chi connectivity index (χ0n) is 13.2. The van der Waals surface area contributed by atoms with Crippen LogP contribution in [0, 0.1) is 0 Å². The Labute approximate surface area is 139 Å². The molecule has 24 heavy (non-hydrogen) atoms. The summed E-state index contributed by atoms with van der Waals surface area (Å²) in [5, 5.41) is 7.02. The first-order valence-electron chi connectivity index (χ1n) is 7.57. The molecule has 1 aromatic carbocycles. The van der Waals surface area contributed by atoms with Crippen molar-refractivity contribution in [3.63, 3.8) is 0 Å². The Kier molecular flexibility index (Phi) is 4.76. The predicted octanol–water partition coefficient (Wildman–Crippen LogP) is 2.55. The molecule has 0 fully saturated rings. The molecule has 6 nitrogen and oxygen atoms in total. The average molecular weight is 319 g/mol. The van der Waals surface area contributed by atoms with Gasteiger partial charge >= 0.3 is 0 Å². The maximum atomic E-state index is 12.0. The lowest BCUT2D eigenvalue weighted by Crippen LogP contribution is -2.24. The number of benzene rings is 1. The maximum Gasteiger partial charge on any atom is 0.244 e. The van der Waals surface area contributed by atoms with E-state index in [2.05, 4.69) is 20.4 Å². The van der Waals surface area contributed by atoms with E-state index < -0.39 is 0 Å². The van der Waals surface area contributed by atoms with Crippen molar-refractivity contribution in [2.24, 2.45) is 0 Å². The van der Waals surface area contributed by atoms with Gasteiger partial charge in [-0.1, -0.05) is 18.2 Å². The monoisotopic (exact) mass is 319 g/mol. The van der Waals surface area contributed by atoms with Gasteiger partial charge in [0.15, 0.2) is 0 Å². The summed E-state index contributed by atoms with van der Waals surface area (Å²) in [6.45, 7) is 1.94. The summed E-state index contributed by atoms with van der Waals surface area (Å²) in [6.07, 6.45) is 8.00. The average Bonchev–Trinajstić information content (AvgIpc) is 3.16. The first-order valence-corrected chi connectivity index (χ1v) is 7.57. The van der Waals surface area contributed by atoms with Gasteiger partial charge in [0.2, 0.25) is 5.91 Å². The van der Waals surface area contributed by atoms with Gasteiger partial charge in [-0.05, 0) is 42.8 Å². The van der Waals surface area contributed by atoms with E-state index in [1.54, 1.807) is 23.3 Å². The number of hydrogen-bond acceptors (Lipinski definition) is 4. The molecule has 0 aliphatic rings. The summed E-state index contributed by atoms with van der Waals surface area (Å²) in [4.78, 5) is 20.1. The Balaban J connectivity index is 1.61. The number of pyridine rings is 1. The molecular formula is C18H17N5O. The van der Waals surface area contributed by atoms with Crippen LogP contribution in [0.15, 0.2) is 67.4 Å². The lowest BCUT2D eigenvalue weighted by Gasteiger charge is -2.13. The van der Waals surface area contributed by atoms with Crippen LogP contribution in [-0.2, 0) is 4.79 Å². The molecule has 0 aliphatic heterocycles. The molecule has 2 heterocycles. The van der Waals surface area contributed by atoms with Crippen LogP contribution < -0.4 is 5.32 Å². The van der Waals surface area contributed by atoms with Crippen LogP contribution in [-0.4, -0.2) is 25.7 Å². The lowest BCUT2D eigenvalue weighted by atomic mass is 10.1. The van der Waals surface area contributed by atoms with Crippen LogP contribution in [0.2, 0.25) is 0 Å². The molecular weight excluding hydrogens is 302 g/mol. The minimum Gasteiger partial charge on any atom is -0.346 e. The van der Waals surface area contributed by atoms with E-state index in [0.717, 1.165) is 16.9 Å². The summed E-state index contributed by atoms with van der Waals surface area (Å²) < 4.78 is 1.68. The second-order valence-electron chi connectivity index (χ2n) is 5.25. The molecule has 6 heteroatoms. The zero-order valence-corrected chi connectivity index (χ0v) is 13.2. The third-order valence-electron chi connectivity index (χ3n) is 3.53. The summed E-state index contributed by atoms with van der Waals surface area (Å²) in [5.41, 5.74) is 2.68. The molecule has 3 rings (SSSR count). The number of nitrogens with zero attached hydrogens (tertiary/aromatic N) is 4. The van der Waals surface area contributed by atoms with Crippen molar-refractivity contribution in [2.45, 2.75) is 13.0 Å². The van der Waals surface area contributed by atoms with E-state index in [1.165, 1.54) is 12.4 Å². The van der Waals surface area contributed by atoms with Crippen molar-refractivity contribution in [3.8, 4) is 5.69 Å². The van der Waals surface area contributed by atoms with Gasteiger partial charge in [0.1, 0.15) is 12.7 Å². The fraction of sp³-hybridized carbons (Fsp3) is 0.111. The fourth-order valence-corrected chi connectivity index (χ4v) is 2.24. The van der Waals surface area contributed by atoms with Crippen LogP contribution in [0.4, 0.5) is 0 Å². The van der Waals surface area contributed by atoms with Crippen LogP contribution >= 0.6 is 0 Å². The summed E-state index contributed by atoms with van der Waals surface area (Å²) in [7, 11) is 0. The number of carbonyl (C=O) groups is 1. The molecule has 2 aromatic heterocycles. The minimum absolute atomic E-state index is 0.101. The van der Waals surface area contributed by atoms with Crippen molar-refractivity contribution >= 4 is 12.0 Å². The van der Waals surface area contributed by atoms with Crippen LogP contribution in [0.25, 0.3) is 11.8 Å². The van der Waals surface area contributed by atoms with Crippen molar-refractivity contribution in [1.82, 2.24) is 25.1 Å². The summed E-state index contributed by atoms with van der Waals surface area (Å²) >= 11 is 0. The van der Waals surface area contributed by atoms with Gasteiger partial charge in [-0.2, -0.15) is 5.10 Å². The van der Waals surface area contributed by atoms with Crippen LogP contribution in [0.3, 0.4) is 0 Å². The lowest BCUT2D eigenvalue weighted by molar-refractivity contribution is -0.117. The normalized spacial score (nSPS) is 12.2. The molecule has 0 radical (unpaired) electrons. The molecule has 120 valence electrons. The van der Waals surface area contributed by atoms with Gasteiger partial charge in [0, 0.05) is 12.3 Å². The fourth-order valence-electron chi connectivity index (χ4n) is 2.24. The molecule has 0 aliphatic carbocycles. The van der Waals surface area contributed by atoms with Crippen molar-refractivity contribution < 1.29 is 4.79 Å². The summed E-state index contributed by atoms with van der Waals surface area (Å²) in [6, 6.07) is 13.3. The molecule has 1 unspecified atom stereocenters. The zero-order chi connectivity index (χ0) is 16.8.